The van der Waals surface area contributed by atoms with E-state index >= 15 is 0 Å². The van der Waals surface area contributed by atoms with E-state index in [9.17, 15) is 4.39 Å². The second-order valence-corrected chi connectivity index (χ2v) is 19.2. The average Bonchev–Trinajstić information content (AvgIpc) is 3.45. The maximum atomic E-state index is 14.4. The molecule has 0 aliphatic heterocycles. The smallest absolute Gasteiger partial charge is 0.143 e. The normalized spacial score (nSPS) is 12.1. The van der Waals surface area contributed by atoms with Gasteiger partial charge in [-0.2, -0.15) is 11.3 Å². The minimum Gasteiger partial charge on any atom is -0.305 e. The van der Waals surface area contributed by atoms with Crippen molar-refractivity contribution in [1.82, 2.24) is 9.97 Å². The number of benzene rings is 5. The van der Waals surface area contributed by atoms with Gasteiger partial charge in [0.25, 0.3) is 0 Å². The van der Waals surface area contributed by atoms with E-state index in [4.69, 9.17) is 1.37 Å². The van der Waals surface area contributed by atoms with Crippen LogP contribution >= 0.6 is 11.3 Å². The zero-order valence-electron chi connectivity index (χ0n) is 28.5. The summed E-state index contributed by atoms with van der Waals surface area (Å²) < 4.78 is 24.9. The Bertz CT molecular complexity index is 2430. The van der Waals surface area contributed by atoms with Crippen molar-refractivity contribution in [2.45, 2.75) is 39.4 Å². The quantitative estimate of drug-likeness (QED) is 0.100. The molecule has 0 saturated carbocycles. The van der Waals surface area contributed by atoms with Crippen molar-refractivity contribution in [2.24, 2.45) is 0 Å². The number of nitrogens with zero attached hydrogens (tertiary/aromatic N) is 2. The summed E-state index contributed by atoms with van der Waals surface area (Å²) in [5.41, 5.74) is 3.90. The third-order valence-electron chi connectivity index (χ3n) is 8.56. The molecule has 8 aromatic rings. The standard InChI is InChI=1S/C28H19FNS.C14H16NSi.Ir/c1-16(2)22-13-26(30-15-25(22)29)21-9-5-8-20-24-12-18-11-10-17-6-3-4-7-19(17)23(18)14-27(24)31-28(20)21;1-16(2,3)13-9-10-14(15-11-13)12-7-5-4-6-8-12;/h3-8,10-16H,1-2H3;4-7,9-11H,1-3H3;/q2*-1;/i16D;;. The number of aromatic nitrogens is 2. The number of rotatable bonds is 4. The van der Waals surface area contributed by atoms with Crippen LogP contribution in [0.3, 0.4) is 0 Å². The molecule has 2 nitrogen and oxygen atoms in total. The molecule has 0 fully saturated rings. The molecular weight excluding hydrogens is 804 g/mol. The number of pyridine rings is 2. The predicted octanol–water partition coefficient (Wildman–Crippen LogP) is 11.6. The number of thiophene rings is 1. The van der Waals surface area contributed by atoms with Gasteiger partial charge in [-0.15, -0.1) is 59.7 Å². The van der Waals surface area contributed by atoms with E-state index in [0.29, 0.717) is 11.3 Å². The first-order valence-corrected chi connectivity index (χ1v) is 20.1. The van der Waals surface area contributed by atoms with Gasteiger partial charge in [-0.05, 0) is 71.8 Å². The van der Waals surface area contributed by atoms with Gasteiger partial charge in [0.05, 0.1) is 14.3 Å². The molecular formula is C42H35FIrN2SSi-2. The fourth-order valence-corrected chi connectivity index (χ4v) is 8.20. The van der Waals surface area contributed by atoms with Crippen LogP contribution in [0.25, 0.3) is 64.2 Å². The van der Waals surface area contributed by atoms with E-state index in [1.807, 2.05) is 36.5 Å². The molecule has 0 atom stereocenters. The van der Waals surface area contributed by atoms with Gasteiger partial charge >= 0.3 is 0 Å². The average molecular weight is 840 g/mol. The van der Waals surface area contributed by atoms with Crippen LogP contribution in [0.5, 0.6) is 0 Å². The van der Waals surface area contributed by atoms with E-state index in [1.54, 1.807) is 31.3 Å². The molecule has 0 aliphatic rings. The van der Waals surface area contributed by atoms with Crippen LogP contribution < -0.4 is 5.19 Å². The van der Waals surface area contributed by atoms with Crippen LogP contribution in [-0.4, -0.2) is 18.0 Å². The van der Waals surface area contributed by atoms with Crippen molar-refractivity contribution in [3.05, 3.63) is 139 Å². The molecule has 5 aromatic carbocycles. The summed E-state index contributed by atoms with van der Waals surface area (Å²) in [7, 11) is -1.23. The molecule has 6 heteroatoms. The van der Waals surface area contributed by atoms with Crippen LogP contribution in [0.1, 0.15) is 26.7 Å². The van der Waals surface area contributed by atoms with Crippen molar-refractivity contribution >= 4 is 66.3 Å². The van der Waals surface area contributed by atoms with E-state index in [0.717, 1.165) is 26.9 Å². The van der Waals surface area contributed by atoms with E-state index in [2.05, 4.69) is 108 Å². The molecule has 48 heavy (non-hydrogen) atoms. The maximum Gasteiger partial charge on any atom is 0.143 e. The molecule has 0 N–H and O–H groups in total. The van der Waals surface area contributed by atoms with Gasteiger partial charge in [-0.1, -0.05) is 93.5 Å². The van der Waals surface area contributed by atoms with Gasteiger partial charge in [0.1, 0.15) is 5.82 Å². The zero-order valence-corrected chi connectivity index (χ0v) is 31.7. The van der Waals surface area contributed by atoms with Crippen LogP contribution in [0, 0.1) is 17.9 Å². The van der Waals surface area contributed by atoms with Crippen molar-refractivity contribution in [2.75, 3.05) is 0 Å². The molecule has 0 unspecified atom stereocenters. The second-order valence-electron chi connectivity index (χ2n) is 13.1. The molecule has 3 aromatic heterocycles. The molecule has 3 heterocycles. The first kappa shape index (κ1) is 32.5. The molecule has 0 saturated heterocycles. The third kappa shape index (κ3) is 6.63. The van der Waals surface area contributed by atoms with Crippen LogP contribution in [0.4, 0.5) is 4.39 Å². The Morgan fingerprint density at radius 2 is 1.50 bits per heavy atom. The SMILES string of the molecule is C[Si](C)(C)c1ccc(-c2[c-]cccc2)nc1.[2H]C(C)(C)c1cc(-c2[c-]ccc3c2sc2cc4c(ccc5ccccc54)cc23)ncc1F.[Ir]. The van der Waals surface area contributed by atoms with Crippen LogP contribution in [0.15, 0.2) is 116 Å². The summed E-state index contributed by atoms with van der Waals surface area (Å²) in [6, 6.07) is 41.8. The summed E-state index contributed by atoms with van der Waals surface area (Å²) in [6.07, 6.45) is 3.24. The topological polar surface area (TPSA) is 25.8 Å². The van der Waals surface area contributed by atoms with Gasteiger partial charge in [0, 0.05) is 32.4 Å². The van der Waals surface area contributed by atoms with E-state index < -0.39 is 19.8 Å². The fourth-order valence-electron chi connectivity index (χ4n) is 5.94. The Morgan fingerprint density at radius 3 is 2.23 bits per heavy atom. The first-order valence-electron chi connectivity index (χ1n) is 16.3. The van der Waals surface area contributed by atoms with Gasteiger partial charge in [0.15, 0.2) is 0 Å². The maximum absolute atomic E-state index is 14.4. The Labute approximate surface area is 301 Å². The molecule has 1 radical (unpaired) electrons. The summed E-state index contributed by atoms with van der Waals surface area (Å²) in [5, 5.41) is 8.67. The van der Waals surface area contributed by atoms with Crippen molar-refractivity contribution in [1.29, 1.82) is 0 Å². The Hall–Kier alpha value is -4.06. The minimum atomic E-state index is -1.23. The Morgan fingerprint density at radius 1 is 0.729 bits per heavy atom. The summed E-state index contributed by atoms with van der Waals surface area (Å²) in [4.78, 5) is 8.87. The number of halogens is 1. The molecule has 8 rings (SSSR count). The molecule has 0 bridgehead atoms. The molecule has 0 spiro atoms. The van der Waals surface area contributed by atoms with E-state index in [-0.39, 0.29) is 20.1 Å². The number of fused-ring (bicyclic) bond motifs is 6. The monoisotopic (exact) mass is 840 g/mol. The molecule has 241 valence electrons. The van der Waals surface area contributed by atoms with Gasteiger partial charge in [-0.3, -0.25) is 0 Å². The zero-order chi connectivity index (χ0) is 33.6. The summed E-state index contributed by atoms with van der Waals surface area (Å²) in [5.74, 6) is -1.50. The second kappa shape index (κ2) is 13.8. The Balaban J connectivity index is 0.000000208. The number of hydrogen-bond acceptors (Lipinski definition) is 3. The van der Waals surface area contributed by atoms with Gasteiger partial charge in [-0.25, -0.2) is 4.39 Å². The van der Waals surface area contributed by atoms with E-state index in [1.165, 1.54) is 43.0 Å². The van der Waals surface area contributed by atoms with Crippen molar-refractivity contribution in [3.8, 4) is 22.5 Å². The van der Waals surface area contributed by atoms with Gasteiger partial charge in [0.2, 0.25) is 0 Å². The van der Waals surface area contributed by atoms with Gasteiger partial charge < -0.3 is 9.97 Å². The minimum absolute atomic E-state index is 0. The summed E-state index contributed by atoms with van der Waals surface area (Å²) >= 11 is 1.71. The first-order chi connectivity index (χ1) is 23.0. The predicted molar refractivity (Wildman–Crippen MR) is 202 cm³/mol. The third-order valence-corrected chi connectivity index (χ3v) is 11.8. The number of hydrogen-bond donors (Lipinski definition) is 0. The largest absolute Gasteiger partial charge is 0.305 e. The van der Waals surface area contributed by atoms with Crippen molar-refractivity contribution in [3.63, 3.8) is 0 Å². The fraction of sp³-hybridized carbons (Fsp3) is 0.143. The van der Waals surface area contributed by atoms with Crippen molar-refractivity contribution < 1.29 is 25.9 Å². The summed E-state index contributed by atoms with van der Waals surface area (Å²) in [6.45, 7) is 10.4. The van der Waals surface area contributed by atoms with Crippen LogP contribution in [0.2, 0.25) is 19.6 Å². The molecule has 0 aliphatic carbocycles. The molecule has 0 amide bonds. The van der Waals surface area contributed by atoms with Crippen LogP contribution in [-0.2, 0) is 20.1 Å². The Kier molecular flexibility index (Phi) is 9.35.